The van der Waals surface area contributed by atoms with E-state index in [1.54, 1.807) is 0 Å². The van der Waals surface area contributed by atoms with Gasteiger partial charge in [-0.2, -0.15) is 0 Å². The summed E-state index contributed by atoms with van der Waals surface area (Å²) in [5.41, 5.74) is 8.71. The van der Waals surface area contributed by atoms with Crippen molar-refractivity contribution in [1.29, 1.82) is 0 Å². The third kappa shape index (κ3) is 4.74. The van der Waals surface area contributed by atoms with E-state index in [1.165, 1.54) is 12.8 Å². The summed E-state index contributed by atoms with van der Waals surface area (Å²) in [4.78, 5) is 14.5. The number of rotatable bonds is 3. The number of nitrogens with zero attached hydrogens (tertiary/aromatic N) is 1. The second-order valence-corrected chi connectivity index (χ2v) is 6.92. The van der Waals surface area contributed by atoms with E-state index in [0.717, 1.165) is 36.4 Å². The highest BCUT2D eigenvalue weighted by molar-refractivity contribution is 5.93. The molecule has 0 atom stereocenters. The van der Waals surface area contributed by atoms with E-state index in [4.69, 9.17) is 5.73 Å². The Morgan fingerprint density at radius 1 is 1.33 bits per heavy atom. The van der Waals surface area contributed by atoms with Crippen LogP contribution in [0.5, 0.6) is 0 Å². The van der Waals surface area contributed by atoms with Crippen LogP contribution in [-0.4, -0.2) is 30.4 Å². The van der Waals surface area contributed by atoms with E-state index in [1.807, 2.05) is 25.1 Å². The maximum absolute atomic E-state index is 12.2. The largest absolute Gasteiger partial charge is 0.399 e. The van der Waals surface area contributed by atoms with Gasteiger partial charge in [0.15, 0.2) is 0 Å². The molecule has 0 aliphatic carbocycles. The molecule has 21 heavy (non-hydrogen) atoms. The third-order valence-corrected chi connectivity index (χ3v) is 4.32. The average molecular weight is 289 g/mol. The topological polar surface area (TPSA) is 58.4 Å². The highest BCUT2D eigenvalue weighted by atomic mass is 16.2. The van der Waals surface area contributed by atoms with Crippen molar-refractivity contribution in [2.24, 2.45) is 5.41 Å². The van der Waals surface area contributed by atoms with Gasteiger partial charge >= 0.3 is 0 Å². The van der Waals surface area contributed by atoms with Gasteiger partial charge in [0.25, 0.3) is 0 Å². The zero-order valence-electron chi connectivity index (χ0n) is 13.4. The molecule has 1 amide bonds. The normalized spacial score (nSPS) is 19.0. The molecule has 0 unspecified atom stereocenters. The van der Waals surface area contributed by atoms with Gasteiger partial charge in [0.2, 0.25) is 5.91 Å². The van der Waals surface area contributed by atoms with Crippen LogP contribution in [0.15, 0.2) is 18.2 Å². The maximum Gasteiger partial charge on any atom is 0.238 e. The van der Waals surface area contributed by atoms with Crippen LogP contribution >= 0.6 is 0 Å². The van der Waals surface area contributed by atoms with Crippen LogP contribution in [0.2, 0.25) is 0 Å². The monoisotopic (exact) mass is 289 g/mol. The first-order valence-electron chi connectivity index (χ1n) is 7.74. The van der Waals surface area contributed by atoms with Crippen molar-refractivity contribution in [1.82, 2.24) is 4.90 Å². The van der Waals surface area contributed by atoms with E-state index in [2.05, 4.69) is 24.1 Å². The molecule has 4 heteroatoms. The highest BCUT2D eigenvalue weighted by Gasteiger charge is 2.23. The van der Waals surface area contributed by atoms with Crippen LogP contribution in [-0.2, 0) is 4.79 Å². The van der Waals surface area contributed by atoms with Gasteiger partial charge in [-0.1, -0.05) is 13.8 Å². The highest BCUT2D eigenvalue weighted by Crippen LogP contribution is 2.29. The first-order chi connectivity index (χ1) is 9.85. The van der Waals surface area contributed by atoms with Crippen LogP contribution in [0, 0.1) is 12.3 Å². The molecule has 1 fully saturated rings. The Bertz CT molecular complexity index is 511. The van der Waals surface area contributed by atoms with Gasteiger partial charge in [-0.05, 0) is 68.5 Å². The summed E-state index contributed by atoms with van der Waals surface area (Å²) in [6, 6.07) is 5.56. The maximum atomic E-state index is 12.2. The van der Waals surface area contributed by atoms with Crippen LogP contribution in [0.3, 0.4) is 0 Å². The molecule has 0 bridgehead atoms. The summed E-state index contributed by atoms with van der Waals surface area (Å²) in [6.07, 6.45) is 3.56. The lowest BCUT2D eigenvalue weighted by Crippen LogP contribution is -2.34. The minimum absolute atomic E-state index is 0.0579. The van der Waals surface area contributed by atoms with Crippen molar-refractivity contribution in [3.05, 3.63) is 23.8 Å². The van der Waals surface area contributed by atoms with Crippen LogP contribution < -0.4 is 11.1 Å². The minimum Gasteiger partial charge on any atom is -0.399 e. The summed E-state index contributed by atoms with van der Waals surface area (Å²) < 4.78 is 0. The van der Waals surface area contributed by atoms with Gasteiger partial charge in [0.05, 0.1) is 6.54 Å². The second-order valence-electron chi connectivity index (χ2n) is 6.92. The zero-order valence-corrected chi connectivity index (χ0v) is 13.4. The Morgan fingerprint density at radius 3 is 2.81 bits per heavy atom. The number of amides is 1. The number of benzene rings is 1. The van der Waals surface area contributed by atoms with E-state index >= 15 is 0 Å². The summed E-state index contributed by atoms with van der Waals surface area (Å²) >= 11 is 0. The van der Waals surface area contributed by atoms with Gasteiger partial charge in [0, 0.05) is 11.4 Å². The summed E-state index contributed by atoms with van der Waals surface area (Å²) in [7, 11) is 0. The number of anilines is 2. The molecule has 1 aliphatic rings. The molecule has 116 valence electrons. The third-order valence-electron chi connectivity index (χ3n) is 4.32. The lowest BCUT2D eigenvalue weighted by atomic mass is 9.85. The number of carbonyl (C=O) groups is 1. The van der Waals surface area contributed by atoms with Crippen LogP contribution in [0.25, 0.3) is 0 Å². The second kappa shape index (κ2) is 6.48. The number of nitrogens with one attached hydrogen (secondary N) is 1. The number of hydrogen-bond donors (Lipinski definition) is 2. The molecular formula is C17H27N3O. The Balaban J connectivity index is 1.89. The molecule has 1 heterocycles. The number of nitrogen functional groups attached to an aromatic ring is 1. The van der Waals surface area contributed by atoms with Crippen molar-refractivity contribution in [3.63, 3.8) is 0 Å². The molecule has 2 rings (SSSR count). The molecule has 4 nitrogen and oxygen atoms in total. The molecule has 1 saturated heterocycles. The Kier molecular flexibility index (Phi) is 4.88. The fourth-order valence-electron chi connectivity index (χ4n) is 2.86. The predicted molar refractivity (Wildman–Crippen MR) is 88.3 cm³/mol. The quantitative estimate of drug-likeness (QED) is 0.841. The number of hydrogen-bond acceptors (Lipinski definition) is 3. The average Bonchev–Trinajstić information content (AvgIpc) is 2.54. The lowest BCUT2D eigenvalue weighted by Gasteiger charge is -2.23. The minimum atomic E-state index is 0.0579. The first-order valence-corrected chi connectivity index (χ1v) is 7.74. The number of nitrogens with two attached hydrogens (primary N) is 1. The molecule has 0 aromatic heterocycles. The Labute approximate surface area is 127 Å². The number of likely N-dealkylation sites (tertiary alicyclic amines) is 1. The molecule has 0 spiro atoms. The lowest BCUT2D eigenvalue weighted by molar-refractivity contribution is -0.117. The van der Waals surface area contributed by atoms with Crippen molar-refractivity contribution in [3.8, 4) is 0 Å². The van der Waals surface area contributed by atoms with Gasteiger partial charge in [-0.3, -0.25) is 9.69 Å². The number of aryl methyl sites for hydroxylation is 1. The van der Waals surface area contributed by atoms with Crippen LogP contribution in [0.4, 0.5) is 11.4 Å². The zero-order chi connectivity index (χ0) is 15.5. The SMILES string of the molecule is Cc1cc(N)ccc1NC(=O)CN1CCCC(C)(C)CC1. The molecule has 3 N–H and O–H groups in total. The van der Waals surface area contributed by atoms with Gasteiger partial charge in [0.1, 0.15) is 0 Å². The Hall–Kier alpha value is -1.55. The number of carbonyl (C=O) groups excluding carboxylic acids is 1. The van der Waals surface area contributed by atoms with Crippen molar-refractivity contribution >= 4 is 17.3 Å². The standard InChI is InChI=1S/C17H27N3O/c1-13-11-14(18)5-6-15(13)19-16(21)12-20-9-4-7-17(2,3)8-10-20/h5-6,11H,4,7-10,12,18H2,1-3H3,(H,19,21). The first kappa shape index (κ1) is 15.8. The molecule has 0 radical (unpaired) electrons. The Morgan fingerprint density at radius 2 is 2.10 bits per heavy atom. The molecular weight excluding hydrogens is 262 g/mol. The van der Waals surface area contributed by atoms with Crippen molar-refractivity contribution in [2.75, 3.05) is 30.7 Å². The molecule has 0 saturated carbocycles. The molecule has 1 aromatic rings. The molecule has 1 aliphatic heterocycles. The van der Waals surface area contributed by atoms with Crippen molar-refractivity contribution in [2.45, 2.75) is 40.0 Å². The fourth-order valence-corrected chi connectivity index (χ4v) is 2.86. The summed E-state index contributed by atoms with van der Waals surface area (Å²) in [5.74, 6) is 0.0579. The summed E-state index contributed by atoms with van der Waals surface area (Å²) in [6.45, 7) is 9.07. The van der Waals surface area contributed by atoms with E-state index in [9.17, 15) is 4.79 Å². The van der Waals surface area contributed by atoms with E-state index in [-0.39, 0.29) is 5.91 Å². The molecule has 1 aromatic carbocycles. The van der Waals surface area contributed by atoms with Crippen molar-refractivity contribution < 1.29 is 4.79 Å². The fraction of sp³-hybridized carbons (Fsp3) is 0.588. The smallest absolute Gasteiger partial charge is 0.238 e. The van der Waals surface area contributed by atoms with Gasteiger partial charge in [-0.25, -0.2) is 0 Å². The van der Waals surface area contributed by atoms with Crippen LogP contribution in [0.1, 0.15) is 38.7 Å². The van der Waals surface area contributed by atoms with E-state index in [0.29, 0.717) is 12.0 Å². The summed E-state index contributed by atoms with van der Waals surface area (Å²) in [5, 5.41) is 2.99. The van der Waals surface area contributed by atoms with Gasteiger partial charge in [-0.15, -0.1) is 0 Å². The van der Waals surface area contributed by atoms with Gasteiger partial charge < -0.3 is 11.1 Å². The van der Waals surface area contributed by atoms with E-state index < -0.39 is 0 Å². The predicted octanol–water partition coefficient (Wildman–Crippen LogP) is 3.03.